The predicted octanol–water partition coefficient (Wildman–Crippen LogP) is 3.44. The second-order valence-electron chi connectivity index (χ2n) is 8.41. The predicted molar refractivity (Wildman–Crippen MR) is 120 cm³/mol. The van der Waals surface area contributed by atoms with Gasteiger partial charge in [0.25, 0.3) is 11.8 Å². The second kappa shape index (κ2) is 8.61. The van der Waals surface area contributed by atoms with Crippen LogP contribution in [0.15, 0.2) is 42.5 Å². The molecular weight excluding hydrogens is 414 g/mol. The van der Waals surface area contributed by atoms with Crippen LogP contribution in [0.4, 0.5) is 5.69 Å². The van der Waals surface area contributed by atoms with E-state index in [4.69, 9.17) is 16.3 Å². The average molecular weight is 440 g/mol. The Labute approximate surface area is 187 Å². The van der Waals surface area contributed by atoms with Crippen molar-refractivity contribution >= 4 is 29.1 Å². The minimum Gasteiger partial charge on any atom is -0.376 e. The van der Waals surface area contributed by atoms with Gasteiger partial charge in [-0.25, -0.2) is 0 Å². The summed E-state index contributed by atoms with van der Waals surface area (Å²) in [6.45, 7) is 5.21. The molecule has 0 saturated carbocycles. The molecule has 0 radical (unpaired) electrons. The third-order valence-electron chi connectivity index (χ3n) is 6.45. The Morgan fingerprint density at radius 2 is 1.77 bits per heavy atom. The molecule has 1 atom stereocenters. The van der Waals surface area contributed by atoms with Gasteiger partial charge in [-0.05, 0) is 36.6 Å². The van der Waals surface area contributed by atoms with Crippen LogP contribution in [-0.2, 0) is 11.3 Å². The number of piperazine rings is 1. The van der Waals surface area contributed by atoms with Gasteiger partial charge in [0.05, 0.1) is 29.5 Å². The zero-order valence-corrected chi connectivity index (χ0v) is 18.2. The number of hydrogen-bond donors (Lipinski definition) is 0. The van der Waals surface area contributed by atoms with Crippen molar-refractivity contribution in [3.8, 4) is 0 Å². The largest absolute Gasteiger partial charge is 0.376 e. The number of rotatable bonds is 5. The summed E-state index contributed by atoms with van der Waals surface area (Å²) in [6, 6.07) is 13.5. The van der Waals surface area contributed by atoms with Crippen LogP contribution >= 0.6 is 11.6 Å². The molecule has 7 heteroatoms. The molecule has 0 spiro atoms. The highest BCUT2D eigenvalue weighted by molar-refractivity contribution is 6.31. The van der Waals surface area contributed by atoms with Crippen LogP contribution in [0.5, 0.6) is 0 Å². The summed E-state index contributed by atoms with van der Waals surface area (Å²) in [5.41, 5.74) is 3.05. The van der Waals surface area contributed by atoms with Gasteiger partial charge in [0.1, 0.15) is 0 Å². The fourth-order valence-electron chi connectivity index (χ4n) is 4.75. The van der Waals surface area contributed by atoms with Crippen molar-refractivity contribution in [2.45, 2.75) is 25.5 Å². The fourth-order valence-corrected chi connectivity index (χ4v) is 4.95. The first kappa shape index (κ1) is 20.5. The number of halogens is 1. The number of ether oxygens (including phenoxy) is 1. The average Bonchev–Trinajstić information content (AvgIpc) is 3.39. The minimum atomic E-state index is -0.199. The number of fused-ring (bicyclic) bond motifs is 1. The molecule has 6 nitrogen and oxygen atoms in total. The lowest BCUT2D eigenvalue weighted by atomic mass is 10.1. The van der Waals surface area contributed by atoms with E-state index >= 15 is 0 Å². The number of nitrogens with zero attached hydrogens (tertiary/aromatic N) is 3. The Bertz CT molecular complexity index is 997. The molecule has 162 valence electrons. The van der Waals surface area contributed by atoms with Crippen molar-refractivity contribution in [1.29, 1.82) is 0 Å². The number of benzene rings is 2. The first-order valence-electron chi connectivity index (χ1n) is 10.9. The molecule has 0 aliphatic carbocycles. The standard InChI is InChI=1S/C24H26ClN3O3/c25-20-8-2-1-5-17(20)15-26-10-12-27(13-11-26)21-9-3-7-19-22(21)24(30)28(23(19)29)16-18-6-4-14-31-18/h1-3,5,7-9,18H,4,6,10-16H2. The van der Waals surface area contributed by atoms with Gasteiger partial charge >= 0.3 is 0 Å². The van der Waals surface area contributed by atoms with Crippen LogP contribution in [-0.4, -0.2) is 67.0 Å². The summed E-state index contributed by atoms with van der Waals surface area (Å²) in [5.74, 6) is -0.390. The molecule has 0 N–H and O–H groups in total. The number of amides is 2. The maximum Gasteiger partial charge on any atom is 0.263 e. The Morgan fingerprint density at radius 1 is 0.968 bits per heavy atom. The van der Waals surface area contributed by atoms with E-state index in [9.17, 15) is 9.59 Å². The van der Waals surface area contributed by atoms with Gasteiger partial charge in [0.2, 0.25) is 0 Å². The van der Waals surface area contributed by atoms with Gasteiger partial charge in [0.15, 0.2) is 0 Å². The Kier molecular flexibility index (Phi) is 5.69. The van der Waals surface area contributed by atoms with Gasteiger partial charge in [-0.15, -0.1) is 0 Å². The molecule has 3 aliphatic heterocycles. The normalized spacial score (nSPS) is 21.8. The number of imide groups is 1. The summed E-state index contributed by atoms with van der Waals surface area (Å²) < 4.78 is 5.65. The summed E-state index contributed by atoms with van der Waals surface area (Å²) in [5, 5.41) is 0.793. The molecule has 5 rings (SSSR count). The molecule has 3 heterocycles. The molecule has 31 heavy (non-hydrogen) atoms. The zero-order chi connectivity index (χ0) is 21.4. The number of carbonyl (C=O) groups excluding carboxylic acids is 2. The molecule has 2 aromatic rings. The maximum absolute atomic E-state index is 13.2. The zero-order valence-electron chi connectivity index (χ0n) is 17.4. The van der Waals surface area contributed by atoms with Gasteiger partial charge in [-0.2, -0.15) is 0 Å². The molecule has 2 aromatic carbocycles. The highest BCUT2D eigenvalue weighted by atomic mass is 35.5. The molecule has 2 amide bonds. The lowest BCUT2D eigenvalue weighted by Gasteiger charge is -2.36. The van der Waals surface area contributed by atoms with Crippen LogP contribution in [0.3, 0.4) is 0 Å². The number of anilines is 1. The van der Waals surface area contributed by atoms with Crippen molar-refractivity contribution in [2.24, 2.45) is 0 Å². The van der Waals surface area contributed by atoms with Crippen LogP contribution in [0, 0.1) is 0 Å². The van der Waals surface area contributed by atoms with Gasteiger partial charge in [-0.3, -0.25) is 19.4 Å². The molecule has 1 unspecified atom stereocenters. The summed E-state index contributed by atoms with van der Waals surface area (Å²) >= 11 is 6.32. The molecule has 0 bridgehead atoms. The highest BCUT2D eigenvalue weighted by Crippen LogP contribution is 2.33. The molecule has 3 aliphatic rings. The van der Waals surface area contributed by atoms with Crippen molar-refractivity contribution in [2.75, 3.05) is 44.2 Å². The topological polar surface area (TPSA) is 53.1 Å². The monoisotopic (exact) mass is 439 g/mol. The van der Waals surface area contributed by atoms with Crippen LogP contribution < -0.4 is 4.90 Å². The third kappa shape index (κ3) is 3.95. The number of hydrogen-bond acceptors (Lipinski definition) is 5. The lowest BCUT2D eigenvalue weighted by molar-refractivity contribution is 0.0475. The van der Waals surface area contributed by atoms with E-state index in [1.54, 1.807) is 6.07 Å². The molecule has 2 saturated heterocycles. The van der Waals surface area contributed by atoms with Crippen LogP contribution in [0.1, 0.15) is 39.1 Å². The Hall–Kier alpha value is -2.41. The number of carbonyl (C=O) groups is 2. The van der Waals surface area contributed by atoms with E-state index in [-0.39, 0.29) is 17.9 Å². The van der Waals surface area contributed by atoms with E-state index in [2.05, 4.69) is 15.9 Å². The molecule has 2 fully saturated rings. The van der Waals surface area contributed by atoms with Crippen molar-refractivity contribution in [3.63, 3.8) is 0 Å². The lowest BCUT2D eigenvalue weighted by Crippen LogP contribution is -2.46. The Morgan fingerprint density at radius 3 is 2.52 bits per heavy atom. The quantitative estimate of drug-likeness (QED) is 0.668. The fraction of sp³-hybridized carbons (Fsp3) is 0.417. The summed E-state index contributed by atoms with van der Waals surface area (Å²) in [6.07, 6.45) is 1.84. The maximum atomic E-state index is 13.2. The SMILES string of the molecule is O=C1c2cccc(N3CCN(Cc4ccccc4Cl)CC3)c2C(=O)N1CC1CCCO1. The van der Waals surface area contributed by atoms with Crippen molar-refractivity contribution in [3.05, 3.63) is 64.2 Å². The van der Waals surface area contributed by atoms with Gasteiger partial charge in [0, 0.05) is 44.4 Å². The van der Waals surface area contributed by atoms with E-state index in [1.165, 1.54) is 4.90 Å². The second-order valence-corrected chi connectivity index (χ2v) is 8.82. The van der Waals surface area contributed by atoms with E-state index in [0.29, 0.717) is 24.3 Å². The molecular formula is C24H26ClN3O3. The van der Waals surface area contributed by atoms with E-state index in [0.717, 1.165) is 61.8 Å². The van der Waals surface area contributed by atoms with Gasteiger partial charge in [-0.1, -0.05) is 35.9 Å². The van der Waals surface area contributed by atoms with Crippen molar-refractivity contribution in [1.82, 2.24) is 9.80 Å². The first-order chi connectivity index (χ1) is 15.1. The smallest absolute Gasteiger partial charge is 0.263 e. The van der Waals surface area contributed by atoms with E-state index < -0.39 is 0 Å². The first-order valence-corrected chi connectivity index (χ1v) is 11.3. The van der Waals surface area contributed by atoms with Crippen LogP contribution in [0.2, 0.25) is 5.02 Å². The van der Waals surface area contributed by atoms with Crippen molar-refractivity contribution < 1.29 is 14.3 Å². The summed E-state index contributed by atoms with van der Waals surface area (Å²) in [7, 11) is 0. The third-order valence-corrected chi connectivity index (χ3v) is 6.82. The van der Waals surface area contributed by atoms with Gasteiger partial charge < -0.3 is 9.64 Å². The summed E-state index contributed by atoms with van der Waals surface area (Å²) in [4.78, 5) is 32.1. The van der Waals surface area contributed by atoms with E-state index in [1.807, 2.05) is 30.3 Å². The Balaban J connectivity index is 1.29. The molecule has 0 aromatic heterocycles. The van der Waals surface area contributed by atoms with Crippen LogP contribution in [0.25, 0.3) is 0 Å². The highest BCUT2D eigenvalue weighted by Gasteiger charge is 2.40. The minimum absolute atomic E-state index is 0.0426.